The van der Waals surface area contributed by atoms with Gasteiger partial charge in [0.2, 0.25) is 0 Å². The van der Waals surface area contributed by atoms with Crippen LogP contribution in [0.15, 0.2) is 12.4 Å². The van der Waals surface area contributed by atoms with Crippen LogP contribution >= 0.6 is 25.4 Å². The molecule has 4 heteroatoms. The summed E-state index contributed by atoms with van der Waals surface area (Å²) in [7, 11) is 0. The van der Waals surface area contributed by atoms with Crippen LogP contribution in [0.4, 0.5) is 0 Å². The van der Waals surface area contributed by atoms with Gasteiger partial charge in [0, 0.05) is 18.9 Å². The van der Waals surface area contributed by atoms with Crippen LogP contribution in [-0.2, 0) is 0 Å². The van der Waals surface area contributed by atoms with Crippen molar-refractivity contribution in [3.8, 4) is 0 Å². The first-order chi connectivity index (χ1) is 4.75. The minimum atomic E-state index is 0.114. The van der Waals surface area contributed by atoms with Crippen LogP contribution in [0.1, 0.15) is 13.3 Å². The normalized spacial score (nSPS) is 24.5. The predicted molar refractivity (Wildman–Crippen MR) is 49.7 cm³/mol. The first-order valence-corrected chi connectivity index (χ1v) is 4.26. The second-order valence-corrected chi connectivity index (χ2v) is 3.19. The van der Waals surface area contributed by atoms with Gasteiger partial charge in [-0.25, -0.2) is 0 Å². The highest BCUT2D eigenvalue weighted by atomic mass is 32.1. The van der Waals surface area contributed by atoms with Gasteiger partial charge in [-0.15, -0.1) is 12.6 Å². The van der Waals surface area contributed by atoms with E-state index in [1.807, 2.05) is 12.4 Å². The Morgan fingerprint density at radius 3 is 2.60 bits per heavy atom. The fourth-order valence-corrected chi connectivity index (χ4v) is 1.37. The molecule has 0 aromatic heterocycles. The molecule has 0 aliphatic carbocycles. The quantitative estimate of drug-likeness (QED) is 0.616. The van der Waals surface area contributed by atoms with Crippen molar-refractivity contribution in [2.75, 3.05) is 6.54 Å². The maximum atomic E-state index is 4.33. The van der Waals surface area contributed by atoms with Crippen molar-refractivity contribution < 1.29 is 0 Å². The third kappa shape index (κ3) is 1.55. The fraction of sp³-hybridized carbons (Fsp3) is 0.667. The molecule has 0 N–H and O–H groups in total. The lowest BCUT2D eigenvalue weighted by atomic mass is 10.4. The summed E-state index contributed by atoms with van der Waals surface area (Å²) in [6.45, 7) is 3.19. The van der Waals surface area contributed by atoms with E-state index in [2.05, 4.69) is 37.3 Å². The first kappa shape index (κ1) is 8.14. The topological polar surface area (TPSA) is 6.48 Å². The van der Waals surface area contributed by atoms with E-state index >= 15 is 0 Å². The average molecular weight is 176 g/mol. The average Bonchev–Trinajstić information content (AvgIpc) is 2.20. The van der Waals surface area contributed by atoms with Gasteiger partial charge in [-0.3, -0.25) is 4.31 Å². The largest absolute Gasteiger partial charge is 0.347 e. The standard InChI is InChI=1S/C6H12N2S2/c1-2-3-7-4-5-8(10)6(7)9/h4-6,9-10H,2-3H2,1H3. The van der Waals surface area contributed by atoms with Gasteiger partial charge in [-0.2, -0.15) is 0 Å². The van der Waals surface area contributed by atoms with E-state index in [0.717, 1.165) is 13.0 Å². The molecule has 0 aromatic rings. The summed E-state index contributed by atoms with van der Waals surface area (Å²) in [5, 5.41) is 0. The molecule has 0 amide bonds. The Bertz CT molecular complexity index is 138. The summed E-state index contributed by atoms with van der Waals surface area (Å²) >= 11 is 8.50. The Morgan fingerprint density at radius 1 is 1.50 bits per heavy atom. The van der Waals surface area contributed by atoms with Crippen LogP contribution in [0.3, 0.4) is 0 Å². The van der Waals surface area contributed by atoms with Gasteiger partial charge in [-0.05, 0) is 6.42 Å². The van der Waals surface area contributed by atoms with Gasteiger partial charge in [0.15, 0.2) is 5.50 Å². The van der Waals surface area contributed by atoms with Crippen LogP contribution < -0.4 is 0 Å². The van der Waals surface area contributed by atoms with E-state index < -0.39 is 0 Å². The number of rotatable bonds is 2. The maximum absolute atomic E-state index is 4.33. The van der Waals surface area contributed by atoms with Crippen molar-refractivity contribution in [1.82, 2.24) is 9.21 Å². The molecule has 0 fully saturated rings. The van der Waals surface area contributed by atoms with Gasteiger partial charge in [0.25, 0.3) is 0 Å². The number of nitrogens with zero attached hydrogens (tertiary/aromatic N) is 2. The molecule has 0 saturated carbocycles. The highest BCUT2D eigenvalue weighted by Gasteiger charge is 2.18. The summed E-state index contributed by atoms with van der Waals surface area (Å²) < 4.78 is 1.78. The molecular formula is C6H12N2S2. The van der Waals surface area contributed by atoms with Crippen LogP contribution in [0.2, 0.25) is 0 Å². The summed E-state index contributed by atoms with van der Waals surface area (Å²) in [6, 6.07) is 0. The van der Waals surface area contributed by atoms with Gasteiger partial charge in [0.1, 0.15) is 0 Å². The lowest BCUT2D eigenvalue weighted by Gasteiger charge is -2.24. The lowest BCUT2D eigenvalue weighted by Crippen LogP contribution is -2.29. The molecule has 1 rings (SSSR count). The summed E-state index contributed by atoms with van der Waals surface area (Å²) in [4.78, 5) is 2.14. The molecule has 1 aliphatic heterocycles. The minimum Gasteiger partial charge on any atom is -0.347 e. The van der Waals surface area contributed by atoms with Crippen LogP contribution in [0.25, 0.3) is 0 Å². The molecule has 58 valence electrons. The van der Waals surface area contributed by atoms with E-state index in [1.54, 1.807) is 4.31 Å². The molecular weight excluding hydrogens is 164 g/mol. The molecule has 0 aromatic carbocycles. The smallest absolute Gasteiger partial charge is 0.156 e. The van der Waals surface area contributed by atoms with E-state index in [0.29, 0.717) is 0 Å². The van der Waals surface area contributed by atoms with E-state index in [4.69, 9.17) is 0 Å². The van der Waals surface area contributed by atoms with Gasteiger partial charge in [0.05, 0.1) is 0 Å². The summed E-state index contributed by atoms with van der Waals surface area (Å²) in [5.74, 6) is 0. The SMILES string of the molecule is CCCN1C=CN(S)C1S. The van der Waals surface area contributed by atoms with Crippen molar-refractivity contribution in [2.45, 2.75) is 18.8 Å². The minimum absolute atomic E-state index is 0.114. The second kappa shape index (κ2) is 3.44. The zero-order chi connectivity index (χ0) is 7.56. The monoisotopic (exact) mass is 176 g/mol. The van der Waals surface area contributed by atoms with Crippen molar-refractivity contribution in [1.29, 1.82) is 0 Å². The molecule has 0 bridgehead atoms. The van der Waals surface area contributed by atoms with Gasteiger partial charge in [-0.1, -0.05) is 19.7 Å². The number of thiol groups is 2. The first-order valence-electron chi connectivity index (χ1n) is 3.35. The molecule has 1 atom stereocenters. The van der Waals surface area contributed by atoms with Crippen molar-refractivity contribution in [3.05, 3.63) is 12.4 Å². The van der Waals surface area contributed by atoms with Crippen molar-refractivity contribution in [3.63, 3.8) is 0 Å². The summed E-state index contributed by atoms with van der Waals surface area (Å²) in [5.41, 5.74) is 0.114. The zero-order valence-corrected chi connectivity index (χ0v) is 7.72. The summed E-state index contributed by atoms with van der Waals surface area (Å²) in [6.07, 6.45) is 5.06. The van der Waals surface area contributed by atoms with Crippen LogP contribution in [0, 0.1) is 0 Å². The Morgan fingerprint density at radius 2 is 2.20 bits per heavy atom. The van der Waals surface area contributed by atoms with E-state index in [1.165, 1.54) is 0 Å². The number of hydrogen-bond donors (Lipinski definition) is 2. The highest BCUT2D eigenvalue weighted by Crippen LogP contribution is 2.20. The van der Waals surface area contributed by atoms with Gasteiger partial charge < -0.3 is 4.90 Å². The molecule has 0 radical (unpaired) electrons. The molecule has 2 nitrogen and oxygen atoms in total. The Hall–Kier alpha value is 0.0400. The second-order valence-electron chi connectivity index (χ2n) is 2.26. The molecule has 0 saturated heterocycles. The molecule has 1 aliphatic rings. The Kier molecular flexibility index (Phi) is 2.80. The predicted octanol–water partition coefficient (Wildman–Crippen LogP) is 1.54. The van der Waals surface area contributed by atoms with E-state index in [-0.39, 0.29) is 5.50 Å². The van der Waals surface area contributed by atoms with Crippen molar-refractivity contribution >= 4 is 25.4 Å². The van der Waals surface area contributed by atoms with Crippen LogP contribution in [0.5, 0.6) is 0 Å². The Labute approximate surface area is 72.8 Å². The number of hydrogen-bond acceptors (Lipinski definition) is 4. The molecule has 0 spiro atoms. The fourth-order valence-electron chi connectivity index (χ4n) is 0.908. The van der Waals surface area contributed by atoms with Crippen molar-refractivity contribution in [2.24, 2.45) is 0 Å². The maximum Gasteiger partial charge on any atom is 0.156 e. The molecule has 1 unspecified atom stereocenters. The van der Waals surface area contributed by atoms with E-state index in [9.17, 15) is 0 Å². The third-order valence-electron chi connectivity index (χ3n) is 1.43. The third-order valence-corrected chi connectivity index (χ3v) is 2.51. The zero-order valence-electron chi connectivity index (χ0n) is 5.94. The molecule has 1 heterocycles. The molecule has 10 heavy (non-hydrogen) atoms. The van der Waals surface area contributed by atoms with Gasteiger partial charge >= 0.3 is 0 Å². The van der Waals surface area contributed by atoms with Crippen LogP contribution in [-0.4, -0.2) is 21.2 Å². The Balaban J connectivity index is 2.41. The lowest BCUT2D eigenvalue weighted by molar-refractivity contribution is 0.317. The highest BCUT2D eigenvalue weighted by molar-refractivity contribution is 7.83.